The Labute approximate surface area is 93.3 Å². The highest BCUT2D eigenvalue weighted by Gasteiger charge is 1.90. The van der Waals surface area contributed by atoms with Crippen LogP contribution in [0.5, 0.6) is 0 Å². The zero-order chi connectivity index (χ0) is 10.5. The van der Waals surface area contributed by atoms with Gasteiger partial charge in [-0.1, -0.05) is 17.7 Å². The molecule has 2 aromatic rings. The van der Waals surface area contributed by atoms with Crippen LogP contribution in [0.1, 0.15) is 5.56 Å². The van der Waals surface area contributed by atoms with Gasteiger partial charge in [-0.2, -0.15) is 0 Å². The van der Waals surface area contributed by atoms with Gasteiger partial charge in [-0.25, -0.2) is 0 Å². The van der Waals surface area contributed by atoms with Crippen LogP contribution in [0.2, 0.25) is 5.02 Å². The van der Waals surface area contributed by atoms with E-state index in [0.717, 1.165) is 11.3 Å². The molecule has 15 heavy (non-hydrogen) atoms. The Morgan fingerprint density at radius 3 is 2.67 bits per heavy atom. The van der Waals surface area contributed by atoms with Gasteiger partial charge < -0.3 is 0 Å². The molecule has 2 rings (SSSR count). The quantitative estimate of drug-likeness (QED) is 0.706. The topological polar surface area (TPSA) is 25.2 Å². The third-order valence-electron chi connectivity index (χ3n) is 1.88. The third-order valence-corrected chi connectivity index (χ3v) is 2.11. The van der Waals surface area contributed by atoms with Gasteiger partial charge in [0.25, 0.3) is 0 Å². The molecule has 0 bridgehead atoms. The van der Waals surface area contributed by atoms with Crippen molar-refractivity contribution in [2.75, 3.05) is 0 Å². The number of aromatic nitrogens is 1. The van der Waals surface area contributed by atoms with E-state index in [1.165, 1.54) is 0 Å². The number of halogens is 1. The summed E-state index contributed by atoms with van der Waals surface area (Å²) in [6.07, 6.45) is 5.26. The summed E-state index contributed by atoms with van der Waals surface area (Å²) in [6, 6.07) is 11.2. The SMILES string of the molecule is Clc1cccc(N=Cc2ccncc2)c1. The minimum absolute atomic E-state index is 0.694. The van der Waals surface area contributed by atoms with Gasteiger partial charge in [-0.15, -0.1) is 0 Å². The first kappa shape index (κ1) is 9.87. The van der Waals surface area contributed by atoms with Crippen LogP contribution < -0.4 is 0 Å². The fraction of sp³-hybridized carbons (Fsp3) is 0. The Morgan fingerprint density at radius 1 is 1.13 bits per heavy atom. The maximum atomic E-state index is 5.84. The molecule has 1 aromatic heterocycles. The predicted molar refractivity (Wildman–Crippen MR) is 62.9 cm³/mol. The molecular weight excluding hydrogens is 208 g/mol. The summed E-state index contributed by atoms with van der Waals surface area (Å²) in [6.45, 7) is 0. The van der Waals surface area contributed by atoms with Crippen LogP contribution in [0.25, 0.3) is 0 Å². The highest BCUT2D eigenvalue weighted by molar-refractivity contribution is 6.30. The Hall–Kier alpha value is -1.67. The van der Waals surface area contributed by atoms with Crippen molar-refractivity contribution < 1.29 is 0 Å². The van der Waals surface area contributed by atoms with Crippen molar-refractivity contribution >= 4 is 23.5 Å². The van der Waals surface area contributed by atoms with Gasteiger partial charge in [0.05, 0.1) is 5.69 Å². The standard InChI is InChI=1S/C12H9ClN2/c13-11-2-1-3-12(8-11)15-9-10-4-6-14-7-5-10/h1-9H. The number of aliphatic imine (C=N–C) groups is 1. The molecule has 0 aliphatic carbocycles. The van der Waals surface area contributed by atoms with E-state index in [-0.39, 0.29) is 0 Å². The molecule has 3 heteroatoms. The summed E-state index contributed by atoms with van der Waals surface area (Å²) >= 11 is 5.84. The zero-order valence-corrected chi connectivity index (χ0v) is 8.72. The van der Waals surface area contributed by atoms with Gasteiger partial charge in [0.2, 0.25) is 0 Å². The number of nitrogens with zero attached hydrogens (tertiary/aromatic N) is 2. The maximum absolute atomic E-state index is 5.84. The molecule has 0 unspecified atom stereocenters. The molecule has 0 spiro atoms. The smallest absolute Gasteiger partial charge is 0.0644 e. The van der Waals surface area contributed by atoms with E-state index in [1.807, 2.05) is 36.4 Å². The molecule has 0 amide bonds. The number of hydrogen-bond acceptors (Lipinski definition) is 2. The van der Waals surface area contributed by atoms with E-state index in [0.29, 0.717) is 5.02 Å². The molecule has 74 valence electrons. The lowest BCUT2D eigenvalue weighted by molar-refractivity contribution is 1.32. The summed E-state index contributed by atoms with van der Waals surface area (Å²) in [5.74, 6) is 0. The van der Waals surface area contributed by atoms with Crippen LogP contribution in [0, 0.1) is 0 Å². The second-order valence-corrected chi connectivity index (χ2v) is 3.46. The molecular formula is C12H9ClN2. The van der Waals surface area contributed by atoms with E-state index >= 15 is 0 Å². The van der Waals surface area contributed by atoms with E-state index in [4.69, 9.17) is 11.6 Å². The fourth-order valence-corrected chi connectivity index (χ4v) is 1.34. The van der Waals surface area contributed by atoms with Crippen molar-refractivity contribution in [1.29, 1.82) is 0 Å². The molecule has 0 aliphatic heterocycles. The van der Waals surface area contributed by atoms with Gasteiger partial charge >= 0.3 is 0 Å². The molecule has 0 radical (unpaired) electrons. The number of rotatable bonds is 2. The van der Waals surface area contributed by atoms with E-state index in [1.54, 1.807) is 18.6 Å². The second-order valence-electron chi connectivity index (χ2n) is 3.02. The van der Waals surface area contributed by atoms with Crippen molar-refractivity contribution in [2.24, 2.45) is 4.99 Å². The first-order chi connectivity index (χ1) is 7.34. The first-order valence-electron chi connectivity index (χ1n) is 4.54. The largest absolute Gasteiger partial charge is 0.265 e. The minimum Gasteiger partial charge on any atom is -0.265 e. The van der Waals surface area contributed by atoms with Crippen molar-refractivity contribution in [1.82, 2.24) is 4.98 Å². The van der Waals surface area contributed by atoms with Crippen LogP contribution in [-0.4, -0.2) is 11.2 Å². The average molecular weight is 217 g/mol. The van der Waals surface area contributed by atoms with Gasteiger partial charge in [0.1, 0.15) is 0 Å². The maximum Gasteiger partial charge on any atom is 0.0644 e. The highest BCUT2D eigenvalue weighted by atomic mass is 35.5. The summed E-state index contributed by atoms with van der Waals surface area (Å²) in [4.78, 5) is 8.23. The molecule has 0 saturated carbocycles. The van der Waals surface area contributed by atoms with Crippen LogP contribution in [0.3, 0.4) is 0 Å². The molecule has 1 aromatic carbocycles. The minimum atomic E-state index is 0.694. The Balaban J connectivity index is 2.19. The zero-order valence-electron chi connectivity index (χ0n) is 7.97. The van der Waals surface area contributed by atoms with Crippen LogP contribution in [-0.2, 0) is 0 Å². The Bertz CT molecular complexity index is 466. The normalized spacial score (nSPS) is 10.7. The van der Waals surface area contributed by atoms with Crippen molar-refractivity contribution in [3.8, 4) is 0 Å². The highest BCUT2D eigenvalue weighted by Crippen LogP contribution is 2.17. The number of pyridine rings is 1. The second kappa shape index (κ2) is 4.71. The van der Waals surface area contributed by atoms with Gasteiger partial charge in [0, 0.05) is 23.6 Å². The molecule has 0 N–H and O–H groups in total. The summed E-state index contributed by atoms with van der Waals surface area (Å²) in [5, 5.41) is 0.694. The molecule has 2 nitrogen and oxygen atoms in total. The summed E-state index contributed by atoms with van der Waals surface area (Å²) in [7, 11) is 0. The summed E-state index contributed by atoms with van der Waals surface area (Å²) < 4.78 is 0. The Morgan fingerprint density at radius 2 is 1.93 bits per heavy atom. The molecule has 0 fully saturated rings. The number of hydrogen-bond donors (Lipinski definition) is 0. The lowest BCUT2D eigenvalue weighted by atomic mass is 10.3. The third kappa shape index (κ3) is 2.89. The predicted octanol–water partition coefficient (Wildman–Crippen LogP) is 3.49. The monoisotopic (exact) mass is 216 g/mol. The van der Waals surface area contributed by atoms with Crippen LogP contribution in [0.4, 0.5) is 5.69 Å². The number of benzene rings is 1. The average Bonchev–Trinajstić information content (AvgIpc) is 2.28. The lowest BCUT2D eigenvalue weighted by Gasteiger charge is -1.94. The fourth-order valence-electron chi connectivity index (χ4n) is 1.16. The van der Waals surface area contributed by atoms with E-state index < -0.39 is 0 Å². The molecule has 0 atom stereocenters. The molecule has 1 heterocycles. The van der Waals surface area contributed by atoms with Crippen LogP contribution in [0.15, 0.2) is 53.8 Å². The van der Waals surface area contributed by atoms with Crippen molar-refractivity contribution in [3.63, 3.8) is 0 Å². The molecule has 0 saturated heterocycles. The summed E-state index contributed by atoms with van der Waals surface area (Å²) in [5.41, 5.74) is 1.87. The van der Waals surface area contributed by atoms with Crippen LogP contribution >= 0.6 is 11.6 Å². The van der Waals surface area contributed by atoms with E-state index in [9.17, 15) is 0 Å². The van der Waals surface area contributed by atoms with E-state index in [2.05, 4.69) is 9.98 Å². The first-order valence-corrected chi connectivity index (χ1v) is 4.92. The van der Waals surface area contributed by atoms with Gasteiger partial charge in [-0.3, -0.25) is 9.98 Å². The molecule has 0 aliphatic rings. The van der Waals surface area contributed by atoms with Crippen molar-refractivity contribution in [3.05, 3.63) is 59.4 Å². The van der Waals surface area contributed by atoms with Crippen molar-refractivity contribution in [2.45, 2.75) is 0 Å². The Kier molecular flexibility index (Phi) is 3.10. The van der Waals surface area contributed by atoms with Gasteiger partial charge in [-0.05, 0) is 35.9 Å². The lowest BCUT2D eigenvalue weighted by Crippen LogP contribution is -1.79. The van der Waals surface area contributed by atoms with Gasteiger partial charge in [0.15, 0.2) is 0 Å².